The van der Waals surface area contributed by atoms with Crippen LogP contribution in [0.2, 0.25) is 0 Å². The van der Waals surface area contributed by atoms with Crippen LogP contribution < -0.4 is 5.56 Å². The van der Waals surface area contributed by atoms with Crippen LogP contribution in [0.15, 0.2) is 11.1 Å². The molecule has 3 heterocycles. The Morgan fingerprint density at radius 2 is 1.95 bits per heavy atom. The number of nitrogens with zero attached hydrogens (tertiary/aromatic N) is 5. The van der Waals surface area contributed by atoms with Crippen molar-refractivity contribution in [1.82, 2.24) is 24.1 Å². The SMILES string of the molecule is O=C(Cn1c2c(c(=O)n3ncnc13)CCC2)N1CCCCC1. The quantitative estimate of drug-likeness (QED) is 0.804. The number of fused-ring (bicyclic) bond motifs is 2. The van der Waals surface area contributed by atoms with Gasteiger partial charge in [0, 0.05) is 24.3 Å². The van der Waals surface area contributed by atoms with Gasteiger partial charge in [0.1, 0.15) is 12.9 Å². The first-order chi connectivity index (χ1) is 10.8. The first-order valence-corrected chi connectivity index (χ1v) is 7.98. The molecule has 0 N–H and O–H groups in total. The van der Waals surface area contributed by atoms with Gasteiger partial charge in [-0.2, -0.15) is 14.6 Å². The molecule has 0 spiro atoms. The third-order valence-corrected chi connectivity index (χ3v) is 4.74. The van der Waals surface area contributed by atoms with Crippen molar-refractivity contribution in [3.05, 3.63) is 27.9 Å². The maximum Gasteiger partial charge on any atom is 0.279 e. The van der Waals surface area contributed by atoms with Crippen LogP contribution in [-0.4, -0.2) is 43.1 Å². The van der Waals surface area contributed by atoms with E-state index in [4.69, 9.17) is 0 Å². The lowest BCUT2D eigenvalue weighted by Gasteiger charge is -2.27. The second kappa shape index (κ2) is 5.23. The molecule has 0 atom stereocenters. The van der Waals surface area contributed by atoms with Gasteiger partial charge in [-0.1, -0.05) is 0 Å². The molecular formula is C15H19N5O2. The second-order valence-corrected chi connectivity index (χ2v) is 6.08. The third-order valence-electron chi connectivity index (χ3n) is 4.74. The maximum absolute atomic E-state index is 12.6. The summed E-state index contributed by atoms with van der Waals surface area (Å²) in [5.41, 5.74) is 1.68. The van der Waals surface area contributed by atoms with Crippen LogP contribution in [0.4, 0.5) is 0 Å². The van der Waals surface area contributed by atoms with E-state index in [0.717, 1.165) is 56.5 Å². The fraction of sp³-hybridized carbons (Fsp3) is 0.600. The van der Waals surface area contributed by atoms with Gasteiger partial charge in [0.2, 0.25) is 11.7 Å². The predicted octanol–water partition coefficient (Wildman–Crippen LogP) is 0.392. The number of carbonyl (C=O) groups excluding carboxylic acids is 1. The standard InChI is InChI=1S/C15H19N5O2/c21-13(18-7-2-1-3-8-18)9-19-12-6-4-5-11(12)14(22)20-15(19)16-10-17-20/h10H,1-9H2. The van der Waals surface area contributed by atoms with Crippen molar-refractivity contribution in [1.29, 1.82) is 0 Å². The molecular weight excluding hydrogens is 282 g/mol. The summed E-state index contributed by atoms with van der Waals surface area (Å²) in [6, 6.07) is 0. The van der Waals surface area contributed by atoms with Gasteiger partial charge in [0.25, 0.3) is 5.56 Å². The zero-order chi connectivity index (χ0) is 15.1. The molecule has 7 nitrogen and oxygen atoms in total. The number of rotatable bonds is 2. The van der Waals surface area contributed by atoms with Gasteiger partial charge < -0.3 is 9.47 Å². The number of hydrogen-bond acceptors (Lipinski definition) is 4. The van der Waals surface area contributed by atoms with Crippen LogP contribution >= 0.6 is 0 Å². The molecule has 2 aromatic rings. The molecule has 2 aliphatic rings. The average molecular weight is 301 g/mol. The molecule has 1 saturated heterocycles. The molecule has 2 aromatic heterocycles. The Labute approximate surface area is 127 Å². The van der Waals surface area contributed by atoms with Crippen LogP contribution in [0.3, 0.4) is 0 Å². The number of amides is 1. The van der Waals surface area contributed by atoms with Crippen LogP contribution in [0, 0.1) is 0 Å². The number of piperidine rings is 1. The molecule has 1 aliphatic heterocycles. The lowest BCUT2D eigenvalue weighted by molar-refractivity contribution is -0.132. The monoisotopic (exact) mass is 301 g/mol. The molecule has 22 heavy (non-hydrogen) atoms. The Hall–Kier alpha value is -2.18. The smallest absolute Gasteiger partial charge is 0.279 e. The second-order valence-electron chi connectivity index (χ2n) is 6.08. The van der Waals surface area contributed by atoms with Crippen LogP contribution in [0.1, 0.15) is 36.9 Å². The lowest BCUT2D eigenvalue weighted by Crippen LogP contribution is -2.39. The molecule has 1 aliphatic carbocycles. The van der Waals surface area contributed by atoms with Gasteiger partial charge in [-0.3, -0.25) is 9.59 Å². The average Bonchev–Trinajstić information content (AvgIpc) is 3.21. The van der Waals surface area contributed by atoms with Crippen molar-refractivity contribution in [3.8, 4) is 0 Å². The summed E-state index contributed by atoms with van der Waals surface area (Å²) >= 11 is 0. The van der Waals surface area contributed by atoms with Crippen LogP contribution in [0.5, 0.6) is 0 Å². The number of aromatic nitrogens is 4. The van der Waals surface area contributed by atoms with E-state index in [2.05, 4.69) is 10.1 Å². The van der Waals surface area contributed by atoms with Gasteiger partial charge in [-0.15, -0.1) is 0 Å². The predicted molar refractivity (Wildman–Crippen MR) is 79.7 cm³/mol. The zero-order valence-electron chi connectivity index (χ0n) is 12.5. The largest absolute Gasteiger partial charge is 0.341 e. The van der Waals surface area contributed by atoms with Gasteiger partial charge in [-0.25, -0.2) is 0 Å². The topological polar surface area (TPSA) is 72.5 Å². The summed E-state index contributed by atoms with van der Waals surface area (Å²) in [6.07, 6.45) is 7.29. The van der Waals surface area contributed by atoms with Gasteiger partial charge >= 0.3 is 0 Å². The highest BCUT2D eigenvalue weighted by Crippen LogP contribution is 2.20. The fourth-order valence-corrected chi connectivity index (χ4v) is 3.61. The maximum atomic E-state index is 12.6. The van der Waals surface area contributed by atoms with Crippen molar-refractivity contribution in [2.45, 2.75) is 45.1 Å². The third kappa shape index (κ3) is 2.03. The molecule has 7 heteroatoms. The number of likely N-dealkylation sites (tertiary alicyclic amines) is 1. The Morgan fingerprint density at radius 3 is 2.77 bits per heavy atom. The molecule has 0 bridgehead atoms. The highest BCUT2D eigenvalue weighted by atomic mass is 16.2. The summed E-state index contributed by atoms with van der Waals surface area (Å²) < 4.78 is 3.22. The molecule has 1 fully saturated rings. The minimum Gasteiger partial charge on any atom is -0.341 e. The summed E-state index contributed by atoms with van der Waals surface area (Å²) in [6.45, 7) is 1.93. The van der Waals surface area contributed by atoms with Crippen LogP contribution in [-0.2, 0) is 24.2 Å². The fourth-order valence-electron chi connectivity index (χ4n) is 3.61. The Balaban J connectivity index is 1.75. The van der Waals surface area contributed by atoms with Gasteiger partial charge in [-0.05, 0) is 38.5 Å². The van der Waals surface area contributed by atoms with E-state index >= 15 is 0 Å². The highest BCUT2D eigenvalue weighted by molar-refractivity contribution is 5.76. The number of hydrogen-bond donors (Lipinski definition) is 0. The molecule has 0 aromatic carbocycles. The van der Waals surface area contributed by atoms with E-state index in [1.165, 1.54) is 17.3 Å². The summed E-state index contributed by atoms with van der Waals surface area (Å²) in [7, 11) is 0. The van der Waals surface area contributed by atoms with Crippen LogP contribution in [0.25, 0.3) is 5.78 Å². The zero-order valence-corrected chi connectivity index (χ0v) is 12.5. The molecule has 1 amide bonds. The Bertz CT molecular complexity index is 785. The summed E-state index contributed by atoms with van der Waals surface area (Å²) in [4.78, 5) is 31.1. The normalized spacial score (nSPS) is 17.9. The summed E-state index contributed by atoms with van der Waals surface area (Å²) in [5, 5.41) is 4.02. The summed E-state index contributed by atoms with van der Waals surface area (Å²) in [5.74, 6) is 0.596. The highest BCUT2D eigenvalue weighted by Gasteiger charge is 2.25. The molecule has 116 valence electrons. The number of carbonyl (C=O) groups is 1. The van der Waals surface area contributed by atoms with Crippen molar-refractivity contribution in [3.63, 3.8) is 0 Å². The molecule has 0 saturated carbocycles. The van der Waals surface area contributed by atoms with Crippen molar-refractivity contribution in [2.24, 2.45) is 0 Å². The minimum atomic E-state index is -0.0818. The van der Waals surface area contributed by atoms with Crippen molar-refractivity contribution in [2.75, 3.05) is 13.1 Å². The van der Waals surface area contributed by atoms with Crippen molar-refractivity contribution >= 4 is 11.7 Å². The lowest BCUT2D eigenvalue weighted by atomic mass is 10.1. The van der Waals surface area contributed by atoms with E-state index in [1.54, 1.807) is 0 Å². The molecule has 0 unspecified atom stereocenters. The van der Waals surface area contributed by atoms with E-state index in [0.29, 0.717) is 5.78 Å². The van der Waals surface area contributed by atoms with Gasteiger partial charge in [0.05, 0.1) is 0 Å². The minimum absolute atomic E-state index is 0.0818. The first-order valence-electron chi connectivity index (χ1n) is 7.98. The Kier molecular flexibility index (Phi) is 3.20. The van der Waals surface area contributed by atoms with Crippen molar-refractivity contribution < 1.29 is 4.79 Å². The molecule has 4 rings (SSSR count). The van der Waals surface area contributed by atoms with E-state index in [-0.39, 0.29) is 18.0 Å². The molecule has 0 radical (unpaired) electrons. The van der Waals surface area contributed by atoms with Gasteiger partial charge in [0.15, 0.2) is 0 Å². The van der Waals surface area contributed by atoms with E-state index < -0.39 is 0 Å². The first kappa shape index (κ1) is 13.5. The van der Waals surface area contributed by atoms with E-state index in [9.17, 15) is 9.59 Å². The Morgan fingerprint density at radius 1 is 1.14 bits per heavy atom. The van der Waals surface area contributed by atoms with E-state index in [1.807, 2.05) is 9.47 Å².